The molecule has 3 N–H and O–H groups in total. The third kappa shape index (κ3) is 1.67. The van der Waals surface area contributed by atoms with E-state index in [4.69, 9.17) is 11.6 Å². The highest BCUT2D eigenvalue weighted by atomic mass is 35.5. The summed E-state index contributed by atoms with van der Waals surface area (Å²) < 4.78 is 1.98. The van der Waals surface area contributed by atoms with Gasteiger partial charge in [0.1, 0.15) is 0 Å². The van der Waals surface area contributed by atoms with Gasteiger partial charge in [-0.15, -0.1) is 0 Å². The standard InChI is InChI=1S/C14H18ClN5O2/c1-16-11-10-12(19-13(15)18-11)20(6-17-10)8-4-9(22)14(5-21)3-2-7(8)14/h6-9,21-22H,2-5H2,1H3,(H,16,18,19)/t7-,8+,9+,14+/m1/s1. The van der Waals surface area contributed by atoms with Crippen molar-refractivity contribution in [3.8, 4) is 0 Å². The highest BCUT2D eigenvalue weighted by Crippen LogP contribution is 2.61. The first-order chi connectivity index (χ1) is 10.6. The van der Waals surface area contributed by atoms with E-state index in [0.29, 0.717) is 23.4 Å². The van der Waals surface area contributed by atoms with Crippen molar-refractivity contribution in [2.75, 3.05) is 19.0 Å². The van der Waals surface area contributed by atoms with E-state index in [-0.39, 0.29) is 29.3 Å². The second-order valence-electron chi connectivity index (χ2n) is 6.27. The minimum Gasteiger partial charge on any atom is -0.396 e. The molecule has 0 unspecified atom stereocenters. The number of anilines is 1. The maximum absolute atomic E-state index is 10.4. The molecule has 2 saturated carbocycles. The Morgan fingerprint density at radius 1 is 1.50 bits per heavy atom. The summed E-state index contributed by atoms with van der Waals surface area (Å²) in [6, 6.07) is 0.0802. The van der Waals surface area contributed by atoms with E-state index >= 15 is 0 Å². The molecule has 0 bridgehead atoms. The van der Waals surface area contributed by atoms with Crippen LogP contribution < -0.4 is 5.32 Å². The number of fused-ring (bicyclic) bond motifs is 2. The highest BCUT2D eigenvalue weighted by molar-refractivity contribution is 6.28. The predicted molar refractivity (Wildman–Crippen MR) is 81.8 cm³/mol. The molecule has 0 amide bonds. The molecule has 2 aliphatic rings. The molecule has 7 nitrogen and oxygen atoms in total. The molecule has 0 aliphatic heterocycles. The molecule has 0 spiro atoms. The van der Waals surface area contributed by atoms with Crippen molar-refractivity contribution < 1.29 is 10.2 Å². The summed E-state index contributed by atoms with van der Waals surface area (Å²) in [5.41, 5.74) is 0.980. The first-order valence-electron chi connectivity index (χ1n) is 7.47. The van der Waals surface area contributed by atoms with Crippen LogP contribution in [0, 0.1) is 11.3 Å². The summed E-state index contributed by atoms with van der Waals surface area (Å²) in [5.74, 6) is 0.839. The van der Waals surface area contributed by atoms with Crippen LogP contribution in [0.4, 0.5) is 5.82 Å². The summed E-state index contributed by atoms with van der Waals surface area (Å²) in [5, 5.41) is 23.3. The van der Waals surface area contributed by atoms with E-state index in [1.165, 1.54) is 0 Å². The zero-order valence-electron chi connectivity index (χ0n) is 12.2. The van der Waals surface area contributed by atoms with Crippen molar-refractivity contribution in [1.29, 1.82) is 0 Å². The molecule has 118 valence electrons. The van der Waals surface area contributed by atoms with Crippen molar-refractivity contribution >= 4 is 28.6 Å². The molecule has 4 atom stereocenters. The van der Waals surface area contributed by atoms with Gasteiger partial charge in [0.15, 0.2) is 17.0 Å². The molecular weight excluding hydrogens is 306 g/mol. The van der Waals surface area contributed by atoms with Crippen molar-refractivity contribution in [3.63, 3.8) is 0 Å². The van der Waals surface area contributed by atoms with Crippen LogP contribution in [0.2, 0.25) is 5.28 Å². The zero-order chi connectivity index (χ0) is 15.5. The maximum Gasteiger partial charge on any atom is 0.226 e. The topological polar surface area (TPSA) is 96.1 Å². The fourth-order valence-electron chi connectivity index (χ4n) is 4.21. The van der Waals surface area contributed by atoms with Gasteiger partial charge in [-0.3, -0.25) is 0 Å². The van der Waals surface area contributed by atoms with Crippen LogP contribution in [0.3, 0.4) is 0 Å². The Morgan fingerprint density at radius 2 is 2.32 bits per heavy atom. The minimum atomic E-state index is -0.486. The lowest BCUT2D eigenvalue weighted by molar-refractivity contribution is -0.0838. The van der Waals surface area contributed by atoms with Gasteiger partial charge in [-0.1, -0.05) is 0 Å². The summed E-state index contributed by atoms with van der Waals surface area (Å²) in [7, 11) is 1.76. The first-order valence-corrected chi connectivity index (χ1v) is 7.85. The molecule has 22 heavy (non-hydrogen) atoms. The number of nitrogens with one attached hydrogen (secondary N) is 1. The Morgan fingerprint density at radius 3 is 2.91 bits per heavy atom. The van der Waals surface area contributed by atoms with Crippen LogP contribution in [-0.4, -0.2) is 49.5 Å². The first kappa shape index (κ1) is 14.2. The summed E-state index contributed by atoms with van der Waals surface area (Å²) in [4.78, 5) is 12.9. The Hall–Kier alpha value is -1.44. The molecule has 2 aromatic heterocycles. The second kappa shape index (κ2) is 4.78. The van der Waals surface area contributed by atoms with Crippen molar-refractivity contribution in [2.24, 2.45) is 11.3 Å². The van der Waals surface area contributed by atoms with E-state index in [9.17, 15) is 10.2 Å². The van der Waals surface area contributed by atoms with Crippen molar-refractivity contribution in [3.05, 3.63) is 11.6 Å². The van der Waals surface area contributed by atoms with Crippen LogP contribution in [0.25, 0.3) is 11.2 Å². The number of aliphatic hydroxyl groups excluding tert-OH is 2. The highest BCUT2D eigenvalue weighted by Gasteiger charge is 2.60. The normalized spacial score (nSPS) is 33.7. The lowest BCUT2D eigenvalue weighted by Crippen LogP contribution is -2.47. The molecule has 2 fully saturated rings. The van der Waals surface area contributed by atoms with E-state index < -0.39 is 6.10 Å². The Labute approximate surface area is 132 Å². The molecule has 0 saturated heterocycles. The van der Waals surface area contributed by atoms with Gasteiger partial charge in [0.05, 0.1) is 19.0 Å². The molecule has 2 aliphatic carbocycles. The van der Waals surface area contributed by atoms with Crippen LogP contribution in [0.1, 0.15) is 25.3 Å². The van der Waals surface area contributed by atoms with Gasteiger partial charge in [0.2, 0.25) is 5.28 Å². The number of aromatic nitrogens is 4. The molecule has 8 heteroatoms. The smallest absolute Gasteiger partial charge is 0.226 e. The zero-order valence-corrected chi connectivity index (χ0v) is 13.0. The number of halogens is 1. The summed E-state index contributed by atoms with van der Waals surface area (Å²) in [6.45, 7) is 0.0273. The lowest BCUT2D eigenvalue weighted by atomic mass is 9.60. The number of aliphatic hydroxyl groups is 2. The number of rotatable bonds is 3. The van der Waals surface area contributed by atoms with Crippen molar-refractivity contribution in [1.82, 2.24) is 19.5 Å². The lowest BCUT2D eigenvalue weighted by Gasteiger charge is -2.47. The molecular formula is C14H18ClN5O2. The van der Waals surface area contributed by atoms with Gasteiger partial charge in [0, 0.05) is 18.5 Å². The van der Waals surface area contributed by atoms with Crippen LogP contribution >= 0.6 is 11.6 Å². The molecule has 0 aromatic carbocycles. The number of imidazole rings is 1. The Balaban J connectivity index is 1.81. The van der Waals surface area contributed by atoms with Gasteiger partial charge < -0.3 is 20.1 Å². The van der Waals surface area contributed by atoms with Gasteiger partial charge in [-0.05, 0) is 36.8 Å². The second-order valence-corrected chi connectivity index (χ2v) is 6.61. The van der Waals surface area contributed by atoms with E-state index in [2.05, 4.69) is 20.3 Å². The third-order valence-corrected chi connectivity index (χ3v) is 5.70. The fourth-order valence-corrected chi connectivity index (χ4v) is 4.38. The van der Waals surface area contributed by atoms with Gasteiger partial charge in [-0.2, -0.15) is 9.97 Å². The number of hydrogen-bond acceptors (Lipinski definition) is 6. The van der Waals surface area contributed by atoms with Crippen molar-refractivity contribution in [2.45, 2.75) is 31.4 Å². The minimum absolute atomic E-state index is 0.0273. The van der Waals surface area contributed by atoms with Gasteiger partial charge in [0.25, 0.3) is 0 Å². The largest absolute Gasteiger partial charge is 0.396 e. The number of nitrogens with zero attached hydrogens (tertiary/aromatic N) is 4. The fraction of sp³-hybridized carbons (Fsp3) is 0.643. The predicted octanol–water partition coefficient (Wildman–Crippen LogP) is 1.22. The maximum atomic E-state index is 10.4. The quantitative estimate of drug-likeness (QED) is 0.735. The summed E-state index contributed by atoms with van der Waals surface area (Å²) >= 11 is 6.01. The monoisotopic (exact) mass is 323 g/mol. The van der Waals surface area contributed by atoms with Crippen LogP contribution in [0.5, 0.6) is 0 Å². The molecule has 0 radical (unpaired) electrons. The van der Waals surface area contributed by atoms with Gasteiger partial charge >= 0.3 is 0 Å². The number of hydrogen-bond donors (Lipinski definition) is 3. The van der Waals surface area contributed by atoms with E-state index in [0.717, 1.165) is 12.8 Å². The van der Waals surface area contributed by atoms with Gasteiger partial charge in [-0.25, -0.2) is 4.98 Å². The Kier molecular flexibility index (Phi) is 3.08. The molecule has 4 rings (SSSR count). The van der Waals surface area contributed by atoms with E-state index in [1.807, 2.05) is 4.57 Å². The SMILES string of the molecule is CNc1nc(Cl)nc2c1ncn2[C@H]1C[C@H](O)[C@]2(CO)CC[C@H]12. The van der Waals surface area contributed by atoms with Crippen LogP contribution in [-0.2, 0) is 0 Å². The van der Waals surface area contributed by atoms with E-state index in [1.54, 1.807) is 13.4 Å². The summed E-state index contributed by atoms with van der Waals surface area (Å²) in [6.07, 6.45) is 3.72. The average molecular weight is 324 g/mol. The van der Waals surface area contributed by atoms with Crippen LogP contribution in [0.15, 0.2) is 6.33 Å². The molecule has 2 aromatic rings. The Bertz CT molecular complexity index is 731. The average Bonchev–Trinajstić information content (AvgIpc) is 2.95. The third-order valence-electron chi connectivity index (χ3n) is 5.53. The molecule has 2 heterocycles.